The van der Waals surface area contributed by atoms with E-state index < -0.39 is 0 Å². The maximum Gasteiger partial charge on any atom is 0.236 e. The lowest BCUT2D eigenvalue weighted by Crippen LogP contribution is -2.04. The standard InChI is InChI=1S/C43H29N5/c1-2-12-28-47(43-45-41(31-16-6-3-7-17-31)36-22-14-27-44-42(36)46-43)39-29-32(26-25-30(39)15-5-1)34-21-13-24-38-40(34)35-20-10-11-23-37(35)48(38)33-18-8-4-9-19-33/h1-29H. The molecule has 9 rings (SSSR count). The summed E-state index contributed by atoms with van der Waals surface area (Å²) in [6.07, 6.45) is 3.82. The molecule has 5 nitrogen and oxygen atoms in total. The molecular weight excluding hydrogens is 587 g/mol. The van der Waals surface area contributed by atoms with Crippen LogP contribution in [0.2, 0.25) is 0 Å². The molecule has 48 heavy (non-hydrogen) atoms. The Morgan fingerprint density at radius 2 is 1.21 bits per heavy atom. The lowest BCUT2D eigenvalue weighted by atomic mass is 9.98. The first-order valence-electron chi connectivity index (χ1n) is 16.0. The van der Waals surface area contributed by atoms with Crippen LogP contribution in [0.25, 0.3) is 77.8 Å². The number of hydrogen-bond acceptors (Lipinski definition) is 3. The van der Waals surface area contributed by atoms with Gasteiger partial charge in [0.05, 0.1) is 22.2 Å². The minimum absolute atomic E-state index is 0.553. The molecule has 226 valence electrons. The maximum absolute atomic E-state index is 5.20. The van der Waals surface area contributed by atoms with Gasteiger partial charge in [-0.15, -0.1) is 0 Å². The van der Waals surface area contributed by atoms with Crippen molar-refractivity contribution in [3.05, 3.63) is 176 Å². The van der Waals surface area contributed by atoms with Crippen molar-refractivity contribution in [2.75, 3.05) is 0 Å². The number of rotatable bonds is 4. The molecule has 4 heterocycles. The monoisotopic (exact) mass is 615 g/mol. The van der Waals surface area contributed by atoms with Crippen LogP contribution in [-0.4, -0.2) is 24.1 Å². The number of nitrogens with zero attached hydrogens (tertiary/aromatic N) is 5. The van der Waals surface area contributed by atoms with E-state index in [0.717, 1.165) is 44.4 Å². The highest BCUT2D eigenvalue weighted by atomic mass is 15.2. The van der Waals surface area contributed by atoms with E-state index in [0.29, 0.717) is 11.6 Å². The van der Waals surface area contributed by atoms with Crippen LogP contribution < -0.4 is 0 Å². The Kier molecular flexibility index (Phi) is 6.72. The SMILES string of the molecule is c1ccc(-c2nc(-n3ccccccc4ccc(-c5cccc6c5c5ccccc5n6-c5ccccc5)cc43)nc3ncccc23)cc1. The van der Waals surface area contributed by atoms with Crippen molar-refractivity contribution in [2.24, 2.45) is 0 Å². The van der Waals surface area contributed by atoms with Crippen LogP contribution in [-0.2, 0) is 0 Å². The second kappa shape index (κ2) is 11.6. The van der Waals surface area contributed by atoms with E-state index >= 15 is 0 Å². The Balaban J connectivity index is 1.34. The molecule has 4 aromatic heterocycles. The van der Waals surface area contributed by atoms with Crippen LogP contribution in [0.1, 0.15) is 0 Å². The van der Waals surface area contributed by atoms with Crippen molar-refractivity contribution in [3.63, 3.8) is 0 Å². The summed E-state index contributed by atoms with van der Waals surface area (Å²) in [5.74, 6) is 0.553. The van der Waals surface area contributed by atoms with Gasteiger partial charge in [0.2, 0.25) is 5.95 Å². The van der Waals surface area contributed by atoms with Gasteiger partial charge < -0.3 is 4.57 Å². The smallest absolute Gasteiger partial charge is 0.236 e. The highest BCUT2D eigenvalue weighted by Gasteiger charge is 2.17. The van der Waals surface area contributed by atoms with Gasteiger partial charge in [-0.05, 0) is 65.0 Å². The Bertz CT molecular complexity index is 2670. The van der Waals surface area contributed by atoms with E-state index in [9.17, 15) is 0 Å². The zero-order valence-electron chi connectivity index (χ0n) is 26.0. The molecule has 0 unspecified atom stereocenters. The lowest BCUT2D eigenvalue weighted by Gasteiger charge is -2.13. The first kappa shape index (κ1) is 27.7. The number of fused-ring (bicyclic) bond motifs is 5. The summed E-state index contributed by atoms with van der Waals surface area (Å²) in [5.41, 5.74) is 9.24. The van der Waals surface area contributed by atoms with Crippen LogP contribution in [0.4, 0.5) is 0 Å². The summed E-state index contributed by atoms with van der Waals surface area (Å²) < 4.78 is 4.43. The predicted octanol–water partition coefficient (Wildman–Crippen LogP) is 10.5. The van der Waals surface area contributed by atoms with Crippen LogP contribution in [0.15, 0.2) is 176 Å². The van der Waals surface area contributed by atoms with E-state index in [1.54, 1.807) is 6.20 Å². The Hall–Kier alpha value is -6.59. The van der Waals surface area contributed by atoms with Gasteiger partial charge in [-0.2, -0.15) is 4.98 Å². The number of aromatic nitrogens is 5. The van der Waals surface area contributed by atoms with E-state index in [-0.39, 0.29) is 0 Å². The molecule has 0 saturated heterocycles. The lowest BCUT2D eigenvalue weighted by molar-refractivity contribution is 0.969. The molecule has 0 N–H and O–H groups in total. The van der Waals surface area contributed by atoms with Crippen molar-refractivity contribution in [1.82, 2.24) is 24.1 Å². The van der Waals surface area contributed by atoms with Crippen LogP contribution in [0.3, 0.4) is 0 Å². The Morgan fingerprint density at radius 3 is 2.10 bits per heavy atom. The van der Waals surface area contributed by atoms with Crippen molar-refractivity contribution in [2.45, 2.75) is 0 Å². The third-order valence-electron chi connectivity index (χ3n) is 8.88. The summed E-state index contributed by atoms with van der Waals surface area (Å²) in [5, 5.41) is 4.40. The zero-order chi connectivity index (χ0) is 31.9. The molecule has 5 aromatic carbocycles. The van der Waals surface area contributed by atoms with Gasteiger partial charge in [0.25, 0.3) is 0 Å². The molecule has 9 aromatic rings. The normalized spacial score (nSPS) is 11.3. The van der Waals surface area contributed by atoms with Crippen molar-refractivity contribution >= 4 is 43.7 Å². The minimum Gasteiger partial charge on any atom is -0.309 e. The quantitative estimate of drug-likeness (QED) is 0.198. The number of pyridine rings is 1. The minimum atomic E-state index is 0.553. The maximum atomic E-state index is 5.20. The molecule has 0 atom stereocenters. The molecule has 0 aliphatic carbocycles. The average molecular weight is 616 g/mol. The largest absolute Gasteiger partial charge is 0.309 e. The molecule has 0 saturated carbocycles. The van der Waals surface area contributed by atoms with Gasteiger partial charge in [0.1, 0.15) is 0 Å². The summed E-state index contributed by atoms with van der Waals surface area (Å²) in [6.45, 7) is 0. The molecule has 0 amide bonds. The third-order valence-corrected chi connectivity index (χ3v) is 8.88. The van der Waals surface area contributed by atoms with Gasteiger partial charge in [0, 0.05) is 39.8 Å². The van der Waals surface area contributed by atoms with Crippen molar-refractivity contribution in [3.8, 4) is 34.0 Å². The van der Waals surface area contributed by atoms with Crippen LogP contribution >= 0.6 is 0 Å². The summed E-state index contributed by atoms with van der Waals surface area (Å²) in [6, 6.07) is 57.0. The zero-order valence-corrected chi connectivity index (χ0v) is 26.0. The van der Waals surface area contributed by atoms with Crippen LogP contribution in [0.5, 0.6) is 0 Å². The second-order valence-electron chi connectivity index (χ2n) is 11.7. The number of benzene rings is 5. The first-order chi connectivity index (χ1) is 23.8. The molecule has 0 aliphatic rings. The van der Waals surface area contributed by atoms with E-state index in [4.69, 9.17) is 9.97 Å². The first-order valence-corrected chi connectivity index (χ1v) is 16.0. The topological polar surface area (TPSA) is 48.5 Å². The van der Waals surface area contributed by atoms with Gasteiger partial charge in [0.15, 0.2) is 5.65 Å². The molecule has 0 aliphatic heterocycles. The molecule has 0 radical (unpaired) electrons. The van der Waals surface area contributed by atoms with E-state index in [2.05, 4.69) is 129 Å². The summed E-state index contributed by atoms with van der Waals surface area (Å²) in [4.78, 5) is 14.9. The highest BCUT2D eigenvalue weighted by molar-refractivity contribution is 6.16. The molecular formula is C43H29N5. The van der Waals surface area contributed by atoms with E-state index in [1.165, 1.54) is 21.8 Å². The Labute approximate surface area is 277 Å². The second-order valence-corrected chi connectivity index (χ2v) is 11.7. The number of hydrogen-bond donors (Lipinski definition) is 0. The van der Waals surface area contributed by atoms with Gasteiger partial charge in [-0.25, -0.2) is 9.97 Å². The van der Waals surface area contributed by atoms with Gasteiger partial charge in [-0.1, -0.05) is 115 Å². The predicted molar refractivity (Wildman–Crippen MR) is 197 cm³/mol. The molecule has 0 fully saturated rings. The fourth-order valence-corrected chi connectivity index (χ4v) is 6.73. The fraction of sp³-hybridized carbons (Fsp3) is 0. The Morgan fingerprint density at radius 1 is 0.479 bits per heavy atom. The summed E-state index contributed by atoms with van der Waals surface area (Å²) >= 11 is 0. The van der Waals surface area contributed by atoms with Crippen molar-refractivity contribution in [1.29, 1.82) is 0 Å². The average Bonchev–Trinajstić information content (AvgIpc) is 3.54. The number of para-hydroxylation sites is 2. The molecule has 0 bridgehead atoms. The van der Waals surface area contributed by atoms with Crippen LogP contribution in [0, 0.1) is 0 Å². The van der Waals surface area contributed by atoms with E-state index in [1.807, 2.05) is 54.7 Å². The van der Waals surface area contributed by atoms with Gasteiger partial charge >= 0.3 is 0 Å². The summed E-state index contributed by atoms with van der Waals surface area (Å²) in [7, 11) is 0. The van der Waals surface area contributed by atoms with Gasteiger partial charge in [-0.3, -0.25) is 4.57 Å². The molecule has 5 heteroatoms. The highest BCUT2D eigenvalue weighted by Crippen LogP contribution is 2.39. The molecule has 0 spiro atoms. The van der Waals surface area contributed by atoms with Crippen molar-refractivity contribution < 1.29 is 0 Å². The third kappa shape index (κ3) is 4.68. The fourth-order valence-electron chi connectivity index (χ4n) is 6.73.